The van der Waals surface area contributed by atoms with E-state index in [1.54, 1.807) is 0 Å². The maximum Gasteiger partial charge on any atom is 0.225 e. The summed E-state index contributed by atoms with van der Waals surface area (Å²) >= 11 is 0. The Kier molecular flexibility index (Phi) is 4.57. The van der Waals surface area contributed by atoms with E-state index in [1.165, 1.54) is 25.1 Å². The molecule has 21 heavy (non-hydrogen) atoms. The van der Waals surface area contributed by atoms with Crippen LogP contribution in [0.5, 0.6) is 0 Å². The van der Waals surface area contributed by atoms with Crippen molar-refractivity contribution in [1.82, 2.24) is 0 Å². The van der Waals surface area contributed by atoms with E-state index in [0.29, 0.717) is 18.7 Å². The Balaban J connectivity index is 2.04. The first kappa shape index (κ1) is 15.4. The van der Waals surface area contributed by atoms with Gasteiger partial charge in [0.2, 0.25) is 11.8 Å². The number of anilines is 2. The summed E-state index contributed by atoms with van der Waals surface area (Å²) < 4.78 is 13.7. The Bertz CT molecular complexity index is 550. The fourth-order valence-corrected chi connectivity index (χ4v) is 2.57. The van der Waals surface area contributed by atoms with Crippen molar-refractivity contribution in [2.24, 2.45) is 11.1 Å². The number of rotatable bonds is 5. The molecule has 1 aromatic rings. The fourth-order valence-electron chi connectivity index (χ4n) is 2.57. The summed E-state index contributed by atoms with van der Waals surface area (Å²) in [6, 6.07) is 4.06. The van der Waals surface area contributed by atoms with Crippen molar-refractivity contribution in [3.8, 4) is 0 Å². The second kappa shape index (κ2) is 6.22. The summed E-state index contributed by atoms with van der Waals surface area (Å²) in [5.41, 5.74) is 6.10. The van der Waals surface area contributed by atoms with Crippen molar-refractivity contribution in [3.05, 3.63) is 24.0 Å². The molecule has 0 aliphatic heterocycles. The Labute approximate surface area is 123 Å². The Morgan fingerprint density at radius 2 is 2.05 bits per heavy atom. The third-order valence-corrected chi connectivity index (χ3v) is 3.94. The van der Waals surface area contributed by atoms with E-state index in [-0.39, 0.29) is 22.9 Å². The lowest BCUT2D eigenvalue weighted by Crippen LogP contribution is -2.40. The molecule has 0 unspecified atom stereocenters. The largest absolute Gasteiger partial charge is 0.330 e. The van der Waals surface area contributed by atoms with Gasteiger partial charge in [-0.1, -0.05) is 6.42 Å². The number of hydrogen-bond acceptors (Lipinski definition) is 3. The first-order chi connectivity index (χ1) is 9.94. The van der Waals surface area contributed by atoms with E-state index < -0.39 is 5.82 Å². The molecular weight excluding hydrogens is 273 g/mol. The number of amides is 2. The molecule has 0 saturated heterocycles. The van der Waals surface area contributed by atoms with Crippen LogP contribution in [0.25, 0.3) is 0 Å². The second-order valence-electron chi connectivity index (χ2n) is 5.66. The van der Waals surface area contributed by atoms with Gasteiger partial charge in [0, 0.05) is 19.0 Å². The summed E-state index contributed by atoms with van der Waals surface area (Å²) in [7, 11) is 0. The molecule has 1 aliphatic carbocycles. The normalized spacial score (nSPS) is 16.0. The molecular formula is C15H20FN3O2. The lowest BCUT2D eigenvalue weighted by atomic mass is 9.66. The maximum atomic E-state index is 13.7. The van der Waals surface area contributed by atoms with Crippen LogP contribution in [-0.4, -0.2) is 18.4 Å². The zero-order valence-corrected chi connectivity index (χ0v) is 12.0. The van der Waals surface area contributed by atoms with Gasteiger partial charge < -0.3 is 16.4 Å². The summed E-state index contributed by atoms with van der Waals surface area (Å²) in [5.74, 6) is -1.04. The van der Waals surface area contributed by atoms with Crippen LogP contribution in [-0.2, 0) is 9.59 Å². The van der Waals surface area contributed by atoms with E-state index in [9.17, 15) is 14.0 Å². The van der Waals surface area contributed by atoms with E-state index >= 15 is 0 Å². The third kappa shape index (κ3) is 3.78. The van der Waals surface area contributed by atoms with Gasteiger partial charge in [-0.25, -0.2) is 4.39 Å². The monoisotopic (exact) mass is 293 g/mol. The number of nitrogens with two attached hydrogens (primary N) is 1. The first-order valence-electron chi connectivity index (χ1n) is 7.01. The smallest absolute Gasteiger partial charge is 0.225 e. The van der Waals surface area contributed by atoms with Crippen LogP contribution in [0.4, 0.5) is 15.8 Å². The van der Waals surface area contributed by atoms with Crippen molar-refractivity contribution < 1.29 is 14.0 Å². The molecule has 1 fully saturated rings. The van der Waals surface area contributed by atoms with E-state index in [0.717, 1.165) is 19.3 Å². The van der Waals surface area contributed by atoms with Crippen LogP contribution in [0.1, 0.15) is 32.6 Å². The fraction of sp³-hybridized carbons (Fsp3) is 0.467. The predicted octanol–water partition coefficient (Wildman–Crippen LogP) is 2.24. The molecule has 1 aromatic carbocycles. The molecule has 0 radical (unpaired) electrons. The molecule has 1 saturated carbocycles. The van der Waals surface area contributed by atoms with E-state index in [1.807, 2.05) is 0 Å². The summed E-state index contributed by atoms with van der Waals surface area (Å²) in [5, 5.41) is 5.11. The Morgan fingerprint density at radius 1 is 1.33 bits per heavy atom. The maximum absolute atomic E-state index is 13.7. The molecule has 1 aliphatic rings. The van der Waals surface area contributed by atoms with Gasteiger partial charge in [-0.05, 0) is 43.0 Å². The number of benzene rings is 1. The van der Waals surface area contributed by atoms with Crippen LogP contribution in [0.3, 0.4) is 0 Å². The highest BCUT2D eigenvalue weighted by molar-refractivity contribution is 5.93. The van der Waals surface area contributed by atoms with Crippen LogP contribution in [0.2, 0.25) is 0 Å². The number of halogens is 1. The van der Waals surface area contributed by atoms with Gasteiger partial charge in [0.1, 0.15) is 5.82 Å². The highest BCUT2D eigenvalue weighted by Gasteiger charge is 2.37. The van der Waals surface area contributed by atoms with E-state index in [2.05, 4.69) is 10.6 Å². The summed E-state index contributed by atoms with van der Waals surface area (Å²) in [6.07, 6.45) is 3.25. The Morgan fingerprint density at radius 3 is 2.57 bits per heavy atom. The standard InChI is InChI=1S/C15H20FN3O2/c1-10(20)18-11-3-4-12(16)13(7-11)19-14(21)8-15(9-17)5-2-6-15/h3-4,7H,2,5-6,8-9,17H2,1H3,(H,18,20)(H,19,21). The lowest BCUT2D eigenvalue weighted by molar-refractivity contribution is -0.119. The van der Waals surface area contributed by atoms with Crippen molar-refractivity contribution in [2.75, 3.05) is 17.2 Å². The number of hydrogen-bond donors (Lipinski definition) is 3. The minimum absolute atomic E-state index is 0.0674. The zero-order valence-electron chi connectivity index (χ0n) is 12.0. The van der Waals surface area contributed by atoms with Crippen molar-refractivity contribution in [2.45, 2.75) is 32.6 Å². The second-order valence-corrected chi connectivity index (χ2v) is 5.66. The molecule has 2 amide bonds. The molecule has 114 valence electrons. The molecule has 0 aromatic heterocycles. The van der Waals surface area contributed by atoms with Crippen LogP contribution in [0.15, 0.2) is 18.2 Å². The van der Waals surface area contributed by atoms with Gasteiger partial charge in [0.15, 0.2) is 0 Å². The minimum Gasteiger partial charge on any atom is -0.330 e. The highest BCUT2D eigenvalue weighted by atomic mass is 19.1. The van der Waals surface area contributed by atoms with Gasteiger partial charge >= 0.3 is 0 Å². The highest BCUT2D eigenvalue weighted by Crippen LogP contribution is 2.43. The van der Waals surface area contributed by atoms with Gasteiger partial charge in [-0.3, -0.25) is 9.59 Å². The topological polar surface area (TPSA) is 84.2 Å². The molecule has 0 spiro atoms. The SMILES string of the molecule is CC(=O)Nc1ccc(F)c(NC(=O)CC2(CN)CCC2)c1. The quantitative estimate of drug-likeness (QED) is 0.778. The Hall–Kier alpha value is -1.95. The van der Waals surface area contributed by atoms with Crippen molar-refractivity contribution in [3.63, 3.8) is 0 Å². The molecule has 0 heterocycles. The molecule has 5 nitrogen and oxygen atoms in total. The van der Waals surface area contributed by atoms with Crippen LogP contribution >= 0.6 is 0 Å². The summed E-state index contributed by atoms with van der Waals surface area (Å²) in [6.45, 7) is 1.83. The summed E-state index contributed by atoms with van der Waals surface area (Å²) in [4.78, 5) is 23.0. The molecule has 4 N–H and O–H groups in total. The van der Waals surface area contributed by atoms with Gasteiger partial charge in [0.25, 0.3) is 0 Å². The van der Waals surface area contributed by atoms with Gasteiger partial charge in [0.05, 0.1) is 5.69 Å². The van der Waals surface area contributed by atoms with Crippen molar-refractivity contribution >= 4 is 23.2 Å². The molecule has 2 rings (SSSR count). The van der Waals surface area contributed by atoms with Crippen LogP contribution in [0, 0.1) is 11.2 Å². The third-order valence-electron chi connectivity index (χ3n) is 3.94. The molecule has 0 bridgehead atoms. The van der Waals surface area contributed by atoms with Gasteiger partial charge in [-0.2, -0.15) is 0 Å². The number of carbonyl (C=O) groups excluding carboxylic acids is 2. The molecule has 6 heteroatoms. The lowest BCUT2D eigenvalue weighted by Gasteiger charge is -2.40. The van der Waals surface area contributed by atoms with Gasteiger partial charge in [-0.15, -0.1) is 0 Å². The van der Waals surface area contributed by atoms with Crippen molar-refractivity contribution in [1.29, 1.82) is 0 Å². The average molecular weight is 293 g/mol. The minimum atomic E-state index is -0.534. The number of nitrogens with one attached hydrogen (secondary N) is 2. The molecule has 0 atom stereocenters. The zero-order chi connectivity index (χ0) is 15.5. The first-order valence-corrected chi connectivity index (χ1v) is 7.01. The number of carbonyl (C=O) groups is 2. The van der Waals surface area contributed by atoms with E-state index in [4.69, 9.17) is 5.73 Å². The van der Waals surface area contributed by atoms with Crippen LogP contribution < -0.4 is 16.4 Å². The predicted molar refractivity (Wildman–Crippen MR) is 79.3 cm³/mol. The average Bonchev–Trinajstić information content (AvgIpc) is 2.37.